The van der Waals surface area contributed by atoms with Gasteiger partial charge in [-0.2, -0.15) is 4.98 Å². The first-order chi connectivity index (χ1) is 7.40. The molecule has 1 unspecified atom stereocenters. The Morgan fingerprint density at radius 3 is 2.44 bits per heavy atom. The van der Waals surface area contributed by atoms with E-state index < -0.39 is 17.4 Å². The summed E-state index contributed by atoms with van der Waals surface area (Å²) in [5.41, 5.74) is -1.09. The molecule has 6 nitrogen and oxygen atoms in total. The summed E-state index contributed by atoms with van der Waals surface area (Å²) in [6.45, 7) is 1.60. The molecule has 0 fully saturated rings. The Hall–Kier alpha value is -2.03. The third-order valence-corrected chi connectivity index (χ3v) is 2.22. The van der Waals surface area contributed by atoms with Crippen LogP contribution in [0.4, 0.5) is 5.95 Å². The molecule has 1 atom stereocenters. The molecule has 1 heterocycles. The highest BCUT2D eigenvalue weighted by Crippen LogP contribution is 2.00. The van der Waals surface area contributed by atoms with Gasteiger partial charge in [-0.3, -0.25) is 4.57 Å². The molecular weight excluding hydrogens is 208 g/mol. The van der Waals surface area contributed by atoms with Gasteiger partial charge in [-0.25, -0.2) is 14.2 Å². The summed E-state index contributed by atoms with van der Waals surface area (Å²) in [6, 6.07) is -0.602. The van der Waals surface area contributed by atoms with Gasteiger partial charge < -0.3 is 4.90 Å². The molecule has 0 saturated heterocycles. The van der Waals surface area contributed by atoms with Gasteiger partial charge in [0.25, 0.3) is 0 Å². The maximum absolute atomic E-state index is 11.9. The highest BCUT2D eigenvalue weighted by atomic mass is 16.2. The number of nitrogens with zero attached hydrogens (tertiary/aromatic N) is 4. The van der Waals surface area contributed by atoms with Crippen LogP contribution < -0.4 is 16.3 Å². The monoisotopic (exact) mass is 222 g/mol. The zero-order valence-corrected chi connectivity index (χ0v) is 9.76. The Bertz CT molecular complexity index is 547. The smallest absolute Gasteiger partial charge is 0.348 e. The topological polar surface area (TPSA) is 60.1 Å². The summed E-state index contributed by atoms with van der Waals surface area (Å²) >= 11 is 0. The van der Waals surface area contributed by atoms with Crippen LogP contribution in [0.25, 0.3) is 0 Å². The van der Waals surface area contributed by atoms with E-state index in [0.29, 0.717) is 5.95 Å². The van der Waals surface area contributed by atoms with Crippen LogP contribution in [-0.4, -0.2) is 28.2 Å². The molecule has 6 heteroatoms. The largest absolute Gasteiger partial charge is 0.356 e. The SMILES string of the molecule is C#CC(C)n1c(=O)nc(N(C)C)n(C)c1=O. The van der Waals surface area contributed by atoms with E-state index in [2.05, 4.69) is 10.9 Å². The Morgan fingerprint density at radius 2 is 2.00 bits per heavy atom. The summed E-state index contributed by atoms with van der Waals surface area (Å²) in [5, 5.41) is 0. The fourth-order valence-electron chi connectivity index (χ4n) is 1.35. The second-order valence-corrected chi connectivity index (χ2v) is 3.64. The second-order valence-electron chi connectivity index (χ2n) is 3.64. The molecule has 0 aromatic carbocycles. The average Bonchev–Trinajstić information content (AvgIpc) is 2.22. The number of anilines is 1. The Kier molecular flexibility index (Phi) is 3.18. The van der Waals surface area contributed by atoms with Crippen molar-refractivity contribution in [2.24, 2.45) is 7.05 Å². The van der Waals surface area contributed by atoms with Gasteiger partial charge in [-0.15, -0.1) is 6.42 Å². The highest BCUT2D eigenvalue weighted by molar-refractivity contribution is 5.25. The van der Waals surface area contributed by atoms with E-state index in [1.54, 1.807) is 33.0 Å². The minimum absolute atomic E-state index is 0.301. The van der Waals surface area contributed by atoms with Crippen LogP contribution in [0.2, 0.25) is 0 Å². The summed E-state index contributed by atoms with van der Waals surface area (Å²) in [7, 11) is 4.95. The van der Waals surface area contributed by atoms with Gasteiger partial charge in [0.2, 0.25) is 5.95 Å². The van der Waals surface area contributed by atoms with Crippen LogP contribution in [0.15, 0.2) is 9.59 Å². The van der Waals surface area contributed by atoms with Crippen LogP contribution in [0.1, 0.15) is 13.0 Å². The predicted molar refractivity (Wildman–Crippen MR) is 61.6 cm³/mol. The van der Waals surface area contributed by atoms with Crippen molar-refractivity contribution >= 4 is 5.95 Å². The summed E-state index contributed by atoms with van der Waals surface area (Å²) in [4.78, 5) is 28.9. The molecule has 1 aromatic rings. The lowest BCUT2D eigenvalue weighted by Gasteiger charge is -2.16. The van der Waals surface area contributed by atoms with Crippen LogP contribution in [0, 0.1) is 12.3 Å². The number of hydrogen-bond donors (Lipinski definition) is 0. The normalized spacial score (nSPS) is 11.9. The molecule has 0 amide bonds. The van der Waals surface area contributed by atoms with E-state index in [4.69, 9.17) is 6.42 Å². The molecule has 0 spiro atoms. The van der Waals surface area contributed by atoms with Crippen molar-refractivity contribution in [3.8, 4) is 12.3 Å². The van der Waals surface area contributed by atoms with E-state index in [1.807, 2.05) is 0 Å². The fraction of sp³-hybridized carbons (Fsp3) is 0.500. The number of hydrogen-bond acceptors (Lipinski definition) is 4. The van der Waals surface area contributed by atoms with Crippen molar-refractivity contribution in [1.82, 2.24) is 14.1 Å². The van der Waals surface area contributed by atoms with Gasteiger partial charge in [0.15, 0.2) is 0 Å². The standard InChI is InChI=1S/C10H14N4O2/c1-6-7(2)14-9(15)11-8(12(3)4)13(5)10(14)16/h1,7H,2-5H3. The molecule has 0 N–H and O–H groups in total. The molecule has 0 radical (unpaired) electrons. The van der Waals surface area contributed by atoms with Crippen LogP contribution >= 0.6 is 0 Å². The zero-order chi connectivity index (χ0) is 12.5. The molecule has 1 rings (SSSR count). The lowest BCUT2D eigenvalue weighted by atomic mass is 10.3. The molecule has 16 heavy (non-hydrogen) atoms. The molecule has 0 aliphatic carbocycles. The van der Waals surface area contributed by atoms with E-state index in [1.165, 1.54) is 4.57 Å². The maximum Gasteiger partial charge on any atom is 0.356 e. The third kappa shape index (κ3) is 1.84. The number of aromatic nitrogens is 3. The van der Waals surface area contributed by atoms with E-state index in [-0.39, 0.29) is 0 Å². The summed E-state index contributed by atoms with van der Waals surface area (Å²) in [5.74, 6) is 2.64. The fourth-order valence-corrected chi connectivity index (χ4v) is 1.35. The van der Waals surface area contributed by atoms with E-state index in [0.717, 1.165) is 4.57 Å². The van der Waals surface area contributed by atoms with Crippen molar-refractivity contribution < 1.29 is 0 Å². The van der Waals surface area contributed by atoms with Crippen molar-refractivity contribution in [2.45, 2.75) is 13.0 Å². The lowest BCUT2D eigenvalue weighted by Crippen LogP contribution is -2.44. The van der Waals surface area contributed by atoms with Gasteiger partial charge in [0.05, 0.1) is 0 Å². The van der Waals surface area contributed by atoms with E-state index >= 15 is 0 Å². The molecule has 0 saturated carbocycles. The Balaban J connectivity index is 3.61. The van der Waals surface area contributed by atoms with Crippen LogP contribution in [0.3, 0.4) is 0 Å². The van der Waals surface area contributed by atoms with Gasteiger partial charge in [-0.1, -0.05) is 5.92 Å². The minimum atomic E-state index is -0.628. The number of terminal acetylenes is 1. The first-order valence-corrected chi connectivity index (χ1v) is 4.73. The van der Waals surface area contributed by atoms with Gasteiger partial charge >= 0.3 is 11.4 Å². The molecule has 0 aliphatic heterocycles. The zero-order valence-electron chi connectivity index (χ0n) is 9.76. The van der Waals surface area contributed by atoms with Crippen LogP contribution in [0.5, 0.6) is 0 Å². The molecule has 1 aromatic heterocycles. The predicted octanol–water partition coefficient (Wildman–Crippen LogP) is -0.798. The Labute approximate surface area is 93.1 Å². The molecule has 0 bridgehead atoms. The van der Waals surface area contributed by atoms with Gasteiger partial charge in [0, 0.05) is 21.1 Å². The van der Waals surface area contributed by atoms with Crippen molar-refractivity contribution in [3.05, 3.63) is 21.0 Å². The second kappa shape index (κ2) is 4.23. The third-order valence-electron chi connectivity index (χ3n) is 2.22. The molecular formula is C10H14N4O2. The van der Waals surface area contributed by atoms with Crippen molar-refractivity contribution in [2.75, 3.05) is 19.0 Å². The van der Waals surface area contributed by atoms with Crippen molar-refractivity contribution in [1.29, 1.82) is 0 Å². The highest BCUT2D eigenvalue weighted by Gasteiger charge is 2.14. The lowest BCUT2D eigenvalue weighted by molar-refractivity contribution is 0.549. The quantitative estimate of drug-likeness (QED) is 0.615. The molecule has 0 aliphatic rings. The minimum Gasteiger partial charge on any atom is -0.348 e. The first kappa shape index (κ1) is 12.0. The Morgan fingerprint density at radius 1 is 1.44 bits per heavy atom. The van der Waals surface area contributed by atoms with Crippen molar-refractivity contribution in [3.63, 3.8) is 0 Å². The maximum atomic E-state index is 11.9. The molecule has 86 valence electrons. The summed E-state index contributed by atoms with van der Waals surface area (Å²) in [6.07, 6.45) is 5.19. The van der Waals surface area contributed by atoms with Gasteiger partial charge in [-0.05, 0) is 6.92 Å². The van der Waals surface area contributed by atoms with Gasteiger partial charge in [0.1, 0.15) is 6.04 Å². The first-order valence-electron chi connectivity index (χ1n) is 4.73. The number of rotatable bonds is 2. The van der Waals surface area contributed by atoms with E-state index in [9.17, 15) is 9.59 Å². The summed E-state index contributed by atoms with van der Waals surface area (Å²) < 4.78 is 2.24. The average molecular weight is 222 g/mol. The van der Waals surface area contributed by atoms with Crippen LogP contribution in [-0.2, 0) is 7.05 Å².